The van der Waals surface area contributed by atoms with Crippen LogP contribution in [0, 0.1) is 0 Å². The molecule has 0 atom stereocenters. The molecule has 0 fully saturated rings. The summed E-state index contributed by atoms with van der Waals surface area (Å²) in [4.78, 5) is 0.109. The van der Waals surface area contributed by atoms with Crippen LogP contribution in [0.4, 0.5) is 0 Å². The average Bonchev–Trinajstić information content (AvgIpc) is 2.28. The first-order valence-electron chi connectivity index (χ1n) is 5.65. The van der Waals surface area contributed by atoms with Crippen LogP contribution in [-0.2, 0) is 16.6 Å². The zero-order valence-electron chi connectivity index (χ0n) is 10.7. The van der Waals surface area contributed by atoms with Crippen LogP contribution in [-0.4, -0.2) is 19.1 Å². The second kappa shape index (κ2) is 5.57. The van der Waals surface area contributed by atoms with E-state index in [2.05, 4.69) is 4.72 Å². The molecule has 0 saturated carbocycles. The van der Waals surface area contributed by atoms with Gasteiger partial charge in [-0.05, 0) is 44.0 Å². The van der Waals surface area contributed by atoms with Crippen LogP contribution in [0.5, 0.6) is 0 Å². The monoisotopic (exact) mass is 291 g/mol. The van der Waals surface area contributed by atoms with Gasteiger partial charge in [0.1, 0.15) is 0 Å². The van der Waals surface area contributed by atoms with Crippen LogP contribution < -0.4 is 4.72 Å². The highest BCUT2D eigenvalue weighted by Gasteiger charge is 2.24. The topological polar surface area (TPSA) is 66.4 Å². The number of aliphatic hydroxyl groups is 1. The van der Waals surface area contributed by atoms with E-state index in [1.807, 2.05) is 20.8 Å². The number of halogens is 1. The fourth-order valence-electron chi connectivity index (χ4n) is 1.33. The molecule has 6 heteroatoms. The average molecular weight is 292 g/mol. The third-order valence-corrected chi connectivity index (χ3v) is 4.86. The van der Waals surface area contributed by atoms with Gasteiger partial charge in [-0.2, -0.15) is 0 Å². The van der Waals surface area contributed by atoms with Crippen LogP contribution in [0.15, 0.2) is 23.1 Å². The first-order valence-corrected chi connectivity index (χ1v) is 7.51. The van der Waals surface area contributed by atoms with Crippen molar-refractivity contribution in [2.45, 2.75) is 44.2 Å². The van der Waals surface area contributed by atoms with Crippen LogP contribution in [0.3, 0.4) is 0 Å². The molecule has 18 heavy (non-hydrogen) atoms. The minimum absolute atomic E-state index is 0.109. The second-order valence-electron chi connectivity index (χ2n) is 4.75. The number of benzene rings is 1. The van der Waals surface area contributed by atoms with E-state index < -0.39 is 15.6 Å². The maximum atomic E-state index is 12.2. The lowest BCUT2D eigenvalue weighted by molar-refractivity contribution is 0.281. The van der Waals surface area contributed by atoms with Gasteiger partial charge in [0.2, 0.25) is 10.0 Å². The molecule has 0 saturated heterocycles. The van der Waals surface area contributed by atoms with E-state index in [1.165, 1.54) is 18.2 Å². The summed E-state index contributed by atoms with van der Waals surface area (Å²) in [5.41, 5.74) is -0.119. The summed E-state index contributed by atoms with van der Waals surface area (Å²) < 4.78 is 26.9. The van der Waals surface area contributed by atoms with Gasteiger partial charge in [-0.25, -0.2) is 13.1 Å². The van der Waals surface area contributed by atoms with Gasteiger partial charge >= 0.3 is 0 Å². The maximum Gasteiger partial charge on any atom is 0.241 e. The molecule has 0 heterocycles. The third kappa shape index (κ3) is 3.68. The Bertz CT molecular complexity index is 526. The Balaban J connectivity index is 3.13. The summed E-state index contributed by atoms with van der Waals surface area (Å²) in [5, 5.41) is 9.44. The molecule has 0 amide bonds. The van der Waals surface area contributed by atoms with Gasteiger partial charge in [0.15, 0.2) is 0 Å². The van der Waals surface area contributed by atoms with Crippen molar-refractivity contribution >= 4 is 21.6 Å². The summed E-state index contributed by atoms with van der Waals surface area (Å²) in [5.74, 6) is 0. The van der Waals surface area contributed by atoms with E-state index in [1.54, 1.807) is 0 Å². The minimum atomic E-state index is -3.60. The Hall–Kier alpha value is -0.620. The van der Waals surface area contributed by atoms with Crippen LogP contribution in [0.1, 0.15) is 32.8 Å². The molecule has 0 unspecified atom stereocenters. The number of aliphatic hydroxyl groups excluding tert-OH is 1. The van der Waals surface area contributed by atoms with E-state index in [9.17, 15) is 8.42 Å². The van der Waals surface area contributed by atoms with Crippen LogP contribution >= 0.6 is 11.6 Å². The van der Waals surface area contributed by atoms with Crippen molar-refractivity contribution < 1.29 is 13.5 Å². The summed E-state index contributed by atoms with van der Waals surface area (Å²) in [6.07, 6.45) is 0.673. The second-order valence-corrected chi connectivity index (χ2v) is 6.84. The number of sulfonamides is 1. The molecule has 0 radical (unpaired) electrons. The lowest BCUT2D eigenvalue weighted by Gasteiger charge is -2.24. The standard InChI is InChI=1S/C12H18ClNO3S/c1-4-12(2,3)14-18(16,17)10-5-6-11(13)9(7-10)8-15/h5-7,14-15H,4,8H2,1-3H3. The van der Waals surface area contributed by atoms with Gasteiger partial charge in [0, 0.05) is 10.6 Å². The quantitative estimate of drug-likeness (QED) is 0.875. The van der Waals surface area contributed by atoms with Gasteiger partial charge in [-0.3, -0.25) is 0 Å². The highest BCUT2D eigenvalue weighted by molar-refractivity contribution is 7.89. The summed E-state index contributed by atoms with van der Waals surface area (Å²) >= 11 is 5.83. The van der Waals surface area contributed by atoms with Crippen molar-refractivity contribution in [1.82, 2.24) is 4.72 Å². The highest BCUT2D eigenvalue weighted by Crippen LogP contribution is 2.22. The molecule has 1 rings (SSSR count). The van der Waals surface area contributed by atoms with Crippen molar-refractivity contribution in [3.8, 4) is 0 Å². The number of nitrogens with one attached hydrogen (secondary N) is 1. The minimum Gasteiger partial charge on any atom is -0.392 e. The molecule has 4 nitrogen and oxygen atoms in total. The largest absolute Gasteiger partial charge is 0.392 e. The fraction of sp³-hybridized carbons (Fsp3) is 0.500. The zero-order valence-corrected chi connectivity index (χ0v) is 12.3. The molecule has 1 aromatic carbocycles. The highest BCUT2D eigenvalue weighted by atomic mass is 35.5. The normalized spacial score (nSPS) is 12.7. The van der Waals surface area contributed by atoms with E-state index >= 15 is 0 Å². The smallest absolute Gasteiger partial charge is 0.241 e. The molecule has 0 bridgehead atoms. The fourth-order valence-corrected chi connectivity index (χ4v) is 3.05. The number of rotatable bonds is 5. The van der Waals surface area contributed by atoms with Crippen molar-refractivity contribution in [1.29, 1.82) is 0 Å². The molecular weight excluding hydrogens is 274 g/mol. The van der Waals surface area contributed by atoms with Crippen LogP contribution in [0.2, 0.25) is 5.02 Å². The molecular formula is C12H18ClNO3S. The molecule has 102 valence electrons. The van der Waals surface area contributed by atoms with Gasteiger partial charge in [-0.15, -0.1) is 0 Å². The Morgan fingerprint density at radius 1 is 1.39 bits per heavy atom. The van der Waals surface area contributed by atoms with E-state index in [0.717, 1.165) is 0 Å². The maximum absolute atomic E-state index is 12.2. The number of hydrogen-bond donors (Lipinski definition) is 2. The number of hydrogen-bond acceptors (Lipinski definition) is 3. The third-order valence-electron chi connectivity index (χ3n) is 2.79. The molecule has 0 aliphatic carbocycles. The van der Waals surface area contributed by atoms with Gasteiger partial charge in [0.05, 0.1) is 11.5 Å². The Labute approximate surface area is 113 Å². The molecule has 0 aliphatic heterocycles. The zero-order chi connectivity index (χ0) is 14.0. The predicted molar refractivity (Wildman–Crippen MR) is 72.1 cm³/mol. The van der Waals surface area contributed by atoms with Crippen molar-refractivity contribution in [3.63, 3.8) is 0 Å². The lowest BCUT2D eigenvalue weighted by Crippen LogP contribution is -2.42. The van der Waals surface area contributed by atoms with Crippen LogP contribution in [0.25, 0.3) is 0 Å². The van der Waals surface area contributed by atoms with E-state index in [4.69, 9.17) is 16.7 Å². The molecule has 1 aromatic rings. The Morgan fingerprint density at radius 2 is 2.00 bits per heavy atom. The van der Waals surface area contributed by atoms with Crippen molar-refractivity contribution in [2.75, 3.05) is 0 Å². The van der Waals surface area contributed by atoms with Crippen molar-refractivity contribution in [3.05, 3.63) is 28.8 Å². The van der Waals surface area contributed by atoms with E-state index in [-0.39, 0.29) is 11.5 Å². The van der Waals surface area contributed by atoms with Gasteiger partial charge in [-0.1, -0.05) is 18.5 Å². The van der Waals surface area contributed by atoms with Gasteiger partial charge < -0.3 is 5.11 Å². The van der Waals surface area contributed by atoms with E-state index in [0.29, 0.717) is 17.0 Å². The lowest BCUT2D eigenvalue weighted by atomic mass is 10.0. The Kier molecular flexibility index (Phi) is 4.78. The summed E-state index contributed by atoms with van der Waals surface area (Å²) in [7, 11) is -3.60. The first kappa shape index (κ1) is 15.4. The predicted octanol–water partition coefficient (Wildman–Crippen LogP) is 2.30. The molecule has 2 N–H and O–H groups in total. The van der Waals surface area contributed by atoms with Crippen molar-refractivity contribution in [2.24, 2.45) is 0 Å². The Morgan fingerprint density at radius 3 is 2.50 bits per heavy atom. The molecule has 0 spiro atoms. The van der Waals surface area contributed by atoms with Gasteiger partial charge in [0.25, 0.3) is 0 Å². The first-order chi connectivity index (χ1) is 8.22. The molecule has 0 aromatic heterocycles. The molecule has 0 aliphatic rings. The summed E-state index contributed by atoms with van der Waals surface area (Å²) in [6, 6.07) is 4.28. The SMILES string of the molecule is CCC(C)(C)NS(=O)(=O)c1ccc(Cl)c(CO)c1. The summed E-state index contributed by atoms with van der Waals surface area (Å²) in [6.45, 7) is 5.24.